The third kappa shape index (κ3) is 8.26. The SMILES string of the molecule is CC1(C(=O)O)C=CC=C(C(=O)O)C1.CC[CH2][Mg][CH2]C.I. The van der Waals surface area contributed by atoms with Crippen molar-refractivity contribution in [3.63, 3.8) is 0 Å². The maximum atomic E-state index is 10.8. The summed E-state index contributed by atoms with van der Waals surface area (Å²) >= 11 is 0.422. The van der Waals surface area contributed by atoms with Gasteiger partial charge in [-0.15, -0.1) is 33.1 Å². The maximum Gasteiger partial charge on any atom is 0.363 e. The molecule has 6 heteroatoms. The number of aliphatic carboxylic acids is 2. The molecule has 1 atom stereocenters. The molecule has 20 heavy (non-hydrogen) atoms. The Hall–Kier alpha value is -0.0838. The van der Waals surface area contributed by atoms with E-state index in [-0.39, 0.29) is 36.0 Å². The Morgan fingerprint density at radius 2 is 1.95 bits per heavy atom. The minimum atomic E-state index is -1.08. The second-order valence-corrected chi connectivity index (χ2v) is 7.38. The van der Waals surface area contributed by atoms with E-state index in [1.54, 1.807) is 4.55 Å². The second kappa shape index (κ2) is 11.6. The van der Waals surface area contributed by atoms with Crippen LogP contribution in [0.2, 0.25) is 9.10 Å². The van der Waals surface area contributed by atoms with Crippen LogP contribution in [-0.4, -0.2) is 42.5 Å². The minimum Gasteiger partial charge on any atom is -0.481 e. The van der Waals surface area contributed by atoms with Crippen LogP contribution in [0.4, 0.5) is 0 Å². The molecule has 1 rings (SSSR count). The van der Waals surface area contributed by atoms with Crippen LogP contribution in [0.25, 0.3) is 0 Å². The molecule has 0 fully saturated rings. The number of hydrogen-bond donors (Lipinski definition) is 2. The zero-order valence-corrected chi connectivity index (χ0v) is 16.1. The van der Waals surface area contributed by atoms with Gasteiger partial charge >= 0.3 is 32.3 Å². The van der Waals surface area contributed by atoms with Crippen molar-refractivity contribution in [1.82, 2.24) is 0 Å². The van der Waals surface area contributed by atoms with E-state index < -0.39 is 17.4 Å². The molecular weight excluding hydrogens is 383 g/mol. The fraction of sp³-hybridized carbons (Fsp3) is 0.571. The molecule has 0 aromatic carbocycles. The summed E-state index contributed by atoms with van der Waals surface area (Å²) in [4.78, 5) is 21.3. The van der Waals surface area contributed by atoms with Crippen molar-refractivity contribution in [3.8, 4) is 0 Å². The molecule has 1 aliphatic rings. The van der Waals surface area contributed by atoms with Crippen LogP contribution < -0.4 is 0 Å². The van der Waals surface area contributed by atoms with Gasteiger partial charge in [0.1, 0.15) is 0 Å². The molecule has 112 valence electrons. The molecular formula is C14H23IMgO4. The van der Waals surface area contributed by atoms with Gasteiger partial charge in [-0.1, -0.05) is 38.5 Å². The van der Waals surface area contributed by atoms with Crippen LogP contribution in [0.3, 0.4) is 0 Å². The van der Waals surface area contributed by atoms with Crippen molar-refractivity contribution < 1.29 is 19.8 Å². The second-order valence-electron chi connectivity index (χ2n) is 4.96. The first-order valence-electron chi connectivity index (χ1n) is 6.72. The highest BCUT2D eigenvalue weighted by atomic mass is 127. The van der Waals surface area contributed by atoms with Gasteiger partial charge in [-0.2, -0.15) is 0 Å². The topological polar surface area (TPSA) is 74.6 Å². The maximum absolute atomic E-state index is 10.8. The monoisotopic (exact) mass is 406 g/mol. The fourth-order valence-corrected chi connectivity index (χ4v) is 2.68. The lowest BCUT2D eigenvalue weighted by molar-refractivity contribution is -0.145. The minimum absolute atomic E-state index is 0. The van der Waals surface area contributed by atoms with Gasteiger partial charge in [0.05, 0.1) is 5.41 Å². The average molecular weight is 407 g/mol. The predicted octanol–water partition coefficient (Wildman–Crippen LogP) is 3.62. The highest BCUT2D eigenvalue weighted by Gasteiger charge is 2.34. The van der Waals surface area contributed by atoms with Gasteiger partial charge in [0, 0.05) is 5.57 Å². The van der Waals surface area contributed by atoms with Crippen LogP contribution in [0.1, 0.15) is 33.6 Å². The van der Waals surface area contributed by atoms with E-state index in [0.29, 0.717) is 20.4 Å². The van der Waals surface area contributed by atoms with E-state index >= 15 is 0 Å². The van der Waals surface area contributed by atoms with E-state index in [1.807, 2.05) is 0 Å². The van der Waals surface area contributed by atoms with Gasteiger partial charge in [-0.25, -0.2) is 4.79 Å². The molecule has 0 saturated heterocycles. The molecule has 0 aliphatic heterocycles. The molecule has 4 nitrogen and oxygen atoms in total. The number of carboxylic acids is 2. The lowest BCUT2D eigenvalue weighted by Gasteiger charge is -2.23. The van der Waals surface area contributed by atoms with Gasteiger partial charge in [0.2, 0.25) is 0 Å². The van der Waals surface area contributed by atoms with Crippen LogP contribution in [0.5, 0.6) is 0 Å². The quantitative estimate of drug-likeness (QED) is 0.415. The van der Waals surface area contributed by atoms with E-state index in [0.717, 1.165) is 0 Å². The van der Waals surface area contributed by atoms with Crippen molar-refractivity contribution in [2.24, 2.45) is 5.41 Å². The number of carboxylic acid groups (broad SMARTS) is 2. The molecule has 0 aromatic rings. The smallest absolute Gasteiger partial charge is 0.363 e. The van der Waals surface area contributed by atoms with E-state index in [2.05, 4.69) is 13.8 Å². The number of rotatable bonds is 5. The van der Waals surface area contributed by atoms with Crippen LogP contribution in [0, 0.1) is 5.41 Å². The Morgan fingerprint density at radius 1 is 1.35 bits per heavy atom. The van der Waals surface area contributed by atoms with E-state index in [9.17, 15) is 9.59 Å². The van der Waals surface area contributed by atoms with Crippen LogP contribution >= 0.6 is 24.0 Å². The summed E-state index contributed by atoms with van der Waals surface area (Å²) < 4.78 is 3.05. The van der Waals surface area contributed by atoms with E-state index in [1.165, 1.54) is 36.1 Å². The Labute approximate surface area is 147 Å². The summed E-state index contributed by atoms with van der Waals surface area (Å²) in [6, 6.07) is 0. The summed E-state index contributed by atoms with van der Waals surface area (Å²) in [5.41, 5.74) is -0.949. The van der Waals surface area contributed by atoms with Gasteiger partial charge in [0.25, 0.3) is 0 Å². The zero-order chi connectivity index (χ0) is 14.9. The first-order chi connectivity index (χ1) is 8.87. The standard InChI is InChI=1S/C9H10O4.C3H7.C2H5.HI.Mg/c1-9(8(12)13)4-2-3-6(5-9)7(10)11;1-3-2;1-2;;/h2-4H,5H2,1H3,(H,10,11)(H,12,13);1,3H2,2H3;1H2,2H3;1H;. The Kier molecular flexibility index (Phi) is 12.8. The predicted molar refractivity (Wildman–Crippen MR) is 92.0 cm³/mol. The van der Waals surface area contributed by atoms with E-state index in [4.69, 9.17) is 10.2 Å². The number of carbonyl (C=O) groups is 2. The Balaban J connectivity index is 0. The number of halogens is 1. The summed E-state index contributed by atoms with van der Waals surface area (Å²) in [6.07, 6.45) is 5.85. The summed E-state index contributed by atoms with van der Waals surface area (Å²) in [5.74, 6) is -2.06. The molecule has 0 amide bonds. The van der Waals surface area contributed by atoms with Crippen molar-refractivity contribution in [2.75, 3.05) is 0 Å². The van der Waals surface area contributed by atoms with Gasteiger partial charge in [0.15, 0.2) is 0 Å². The van der Waals surface area contributed by atoms with Gasteiger partial charge < -0.3 is 10.2 Å². The fourth-order valence-electron chi connectivity index (χ4n) is 1.68. The summed E-state index contributed by atoms with van der Waals surface area (Å²) in [6.45, 7) is 6.06. The van der Waals surface area contributed by atoms with Crippen molar-refractivity contribution in [1.29, 1.82) is 0 Å². The highest BCUT2D eigenvalue weighted by molar-refractivity contribution is 14.0. The van der Waals surface area contributed by atoms with Gasteiger partial charge in [-0.3, -0.25) is 4.79 Å². The lowest BCUT2D eigenvalue weighted by atomic mass is 9.80. The molecule has 1 aliphatic carbocycles. The Morgan fingerprint density at radius 3 is 2.30 bits per heavy atom. The third-order valence-electron chi connectivity index (χ3n) is 3.04. The van der Waals surface area contributed by atoms with Crippen molar-refractivity contribution in [3.05, 3.63) is 23.8 Å². The molecule has 0 aromatic heterocycles. The molecule has 0 bridgehead atoms. The first-order valence-corrected chi connectivity index (χ1v) is 8.72. The summed E-state index contributed by atoms with van der Waals surface area (Å²) in [5, 5.41) is 17.5. The van der Waals surface area contributed by atoms with Crippen LogP contribution in [0.15, 0.2) is 23.8 Å². The molecule has 0 saturated carbocycles. The zero-order valence-electron chi connectivity index (χ0n) is 12.4. The summed E-state index contributed by atoms with van der Waals surface area (Å²) in [7, 11) is 0. The number of allylic oxidation sites excluding steroid dienone is 2. The Bertz CT molecular complexity index is 375. The van der Waals surface area contributed by atoms with Gasteiger partial charge in [-0.05, 0) is 13.3 Å². The van der Waals surface area contributed by atoms with Crippen molar-refractivity contribution >= 4 is 56.3 Å². The number of hydrogen-bond acceptors (Lipinski definition) is 2. The molecule has 0 radical (unpaired) electrons. The molecule has 2 N–H and O–H groups in total. The van der Waals surface area contributed by atoms with Crippen molar-refractivity contribution in [2.45, 2.75) is 42.7 Å². The molecule has 0 spiro atoms. The van der Waals surface area contributed by atoms with Crippen LogP contribution in [-0.2, 0) is 9.59 Å². The first kappa shape index (κ1) is 22.2. The third-order valence-corrected chi connectivity index (χ3v) is 4.95. The molecule has 0 heterocycles. The normalized spacial score (nSPS) is 19.6. The molecule has 1 unspecified atom stereocenters. The largest absolute Gasteiger partial charge is 0.481 e. The highest BCUT2D eigenvalue weighted by Crippen LogP contribution is 2.31. The average Bonchev–Trinajstić information content (AvgIpc) is 2.37. The lowest BCUT2D eigenvalue weighted by Crippen LogP contribution is -2.28.